The summed E-state index contributed by atoms with van der Waals surface area (Å²) in [5.41, 5.74) is 0. The second-order valence-electron chi connectivity index (χ2n) is 5.11. The van der Waals surface area contributed by atoms with E-state index in [1.54, 1.807) is 6.20 Å². The van der Waals surface area contributed by atoms with Crippen molar-refractivity contribution in [2.75, 3.05) is 44.3 Å². The number of carbonyl (C=O) groups excluding carboxylic acids is 1. The number of piperazine rings is 1. The number of carbonyl (C=O) groups is 1. The minimum atomic E-state index is 0.0978. The minimum Gasteiger partial charge on any atom is -0.372 e. The van der Waals surface area contributed by atoms with E-state index in [1.807, 2.05) is 22.7 Å². The molecule has 1 aromatic heterocycles. The molecule has 20 heavy (non-hydrogen) atoms. The number of unbranched alkanes of at least 4 members (excludes halogenated alkanes) is 1. The molecular formula is C14H24N4O2. The lowest BCUT2D eigenvalue weighted by Gasteiger charge is -2.35. The van der Waals surface area contributed by atoms with E-state index in [9.17, 15) is 4.79 Å². The fourth-order valence-corrected chi connectivity index (χ4v) is 2.32. The molecule has 1 saturated heterocycles. The Hall–Kier alpha value is -1.56. The normalized spacial score (nSPS) is 15.7. The van der Waals surface area contributed by atoms with Crippen LogP contribution in [0.15, 0.2) is 12.4 Å². The van der Waals surface area contributed by atoms with Crippen molar-refractivity contribution in [3.8, 4) is 0 Å². The Morgan fingerprint density at radius 3 is 2.70 bits per heavy atom. The Morgan fingerprint density at radius 1 is 1.35 bits per heavy atom. The van der Waals surface area contributed by atoms with Gasteiger partial charge in [0.15, 0.2) is 0 Å². The zero-order chi connectivity index (χ0) is 14.4. The molecule has 6 nitrogen and oxygen atoms in total. The van der Waals surface area contributed by atoms with Gasteiger partial charge < -0.3 is 19.1 Å². The predicted molar refractivity (Wildman–Crippen MR) is 77.7 cm³/mol. The third kappa shape index (κ3) is 3.72. The number of imidazole rings is 1. The summed E-state index contributed by atoms with van der Waals surface area (Å²) in [5, 5.41) is 0. The first-order valence-electron chi connectivity index (χ1n) is 7.30. The van der Waals surface area contributed by atoms with Crippen LogP contribution in [0.25, 0.3) is 0 Å². The van der Waals surface area contributed by atoms with Crippen LogP contribution in [0.1, 0.15) is 19.8 Å². The standard InChI is InChI=1S/C14H24N4O2/c1-3-4-11-20-12-13(19)17-7-9-18(10-8-17)14-15-5-6-16(14)2/h5-6H,3-4,7-12H2,1-2H3. The first kappa shape index (κ1) is 14.8. The maximum absolute atomic E-state index is 12.0. The van der Waals surface area contributed by atoms with E-state index in [2.05, 4.69) is 16.8 Å². The first-order valence-corrected chi connectivity index (χ1v) is 7.30. The van der Waals surface area contributed by atoms with Gasteiger partial charge in [0, 0.05) is 52.2 Å². The molecular weight excluding hydrogens is 256 g/mol. The lowest BCUT2D eigenvalue weighted by atomic mass is 10.3. The van der Waals surface area contributed by atoms with Crippen LogP contribution in [0.5, 0.6) is 0 Å². The summed E-state index contributed by atoms with van der Waals surface area (Å²) in [4.78, 5) is 20.4. The Balaban J connectivity index is 1.74. The largest absolute Gasteiger partial charge is 0.372 e. The molecule has 0 unspecified atom stereocenters. The number of hydrogen-bond donors (Lipinski definition) is 0. The van der Waals surface area contributed by atoms with Crippen molar-refractivity contribution in [2.45, 2.75) is 19.8 Å². The van der Waals surface area contributed by atoms with Gasteiger partial charge in [0.05, 0.1) is 0 Å². The van der Waals surface area contributed by atoms with E-state index in [-0.39, 0.29) is 12.5 Å². The van der Waals surface area contributed by atoms with Crippen molar-refractivity contribution in [1.82, 2.24) is 14.5 Å². The van der Waals surface area contributed by atoms with E-state index < -0.39 is 0 Å². The number of anilines is 1. The van der Waals surface area contributed by atoms with Crippen LogP contribution in [0, 0.1) is 0 Å². The summed E-state index contributed by atoms with van der Waals surface area (Å²) in [6, 6.07) is 0. The van der Waals surface area contributed by atoms with Gasteiger partial charge in [-0.1, -0.05) is 13.3 Å². The maximum Gasteiger partial charge on any atom is 0.248 e. The summed E-state index contributed by atoms with van der Waals surface area (Å²) in [6.07, 6.45) is 5.85. The summed E-state index contributed by atoms with van der Waals surface area (Å²) in [7, 11) is 1.99. The molecule has 1 amide bonds. The van der Waals surface area contributed by atoms with Crippen molar-refractivity contribution in [1.29, 1.82) is 0 Å². The summed E-state index contributed by atoms with van der Waals surface area (Å²) in [5.74, 6) is 1.07. The average molecular weight is 280 g/mol. The molecule has 0 aliphatic carbocycles. The number of rotatable bonds is 6. The van der Waals surface area contributed by atoms with Crippen LogP contribution in [-0.4, -0.2) is 59.8 Å². The second-order valence-corrected chi connectivity index (χ2v) is 5.11. The second kappa shape index (κ2) is 7.28. The number of ether oxygens (including phenoxy) is 1. The molecule has 0 aromatic carbocycles. The van der Waals surface area contributed by atoms with Gasteiger partial charge in [-0.15, -0.1) is 0 Å². The number of aryl methyl sites for hydroxylation is 1. The molecule has 2 heterocycles. The topological polar surface area (TPSA) is 50.6 Å². The first-order chi connectivity index (χ1) is 9.72. The highest BCUT2D eigenvalue weighted by atomic mass is 16.5. The fraction of sp³-hybridized carbons (Fsp3) is 0.714. The van der Waals surface area contributed by atoms with Gasteiger partial charge in [-0.25, -0.2) is 4.98 Å². The monoisotopic (exact) mass is 280 g/mol. The van der Waals surface area contributed by atoms with Crippen LogP contribution >= 0.6 is 0 Å². The molecule has 112 valence electrons. The van der Waals surface area contributed by atoms with Crippen molar-refractivity contribution >= 4 is 11.9 Å². The van der Waals surface area contributed by atoms with E-state index in [4.69, 9.17) is 4.74 Å². The fourth-order valence-electron chi connectivity index (χ4n) is 2.32. The third-order valence-corrected chi connectivity index (χ3v) is 3.58. The molecule has 0 bridgehead atoms. The van der Waals surface area contributed by atoms with Crippen molar-refractivity contribution < 1.29 is 9.53 Å². The average Bonchev–Trinajstić information content (AvgIpc) is 2.90. The third-order valence-electron chi connectivity index (χ3n) is 3.58. The maximum atomic E-state index is 12.0. The molecule has 0 radical (unpaired) electrons. The summed E-state index contributed by atoms with van der Waals surface area (Å²) >= 11 is 0. The Bertz CT molecular complexity index is 425. The summed E-state index contributed by atoms with van der Waals surface area (Å²) in [6.45, 7) is 6.13. The van der Waals surface area contributed by atoms with Gasteiger partial charge >= 0.3 is 0 Å². The quantitative estimate of drug-likeness (QED) is 0.726. The van der Waals surface area contributed by atoms with Crippen LogP contribution in [0.2, 0.25) is 0 Å². The smallest absolute Gasteiger partial charge is 0.248 e. The molecule has 1 fully saturated rings. The van der Waals surface area contributed by atoms with E-state index >= 15 is 0 Å². The zero-order valence-electron chi connectivity index (χ0n) is 12.4. The van der Waals surface area contributed by atoms with E-state index in [0.717, 1.165) is 45.0 Å². The van der Waals surface area contributed by atoms with Gasteiger partial charge in [-0.3, -0.25) is 4.79 Å². The SMILES string of the molecule is CCCCOCC(=O)N1CCN(c2nccn2C)CC1. The molecule has 1 aromatic rings. The van der Waals surface area contributed by atoms with Crippen molar-refractivity contribution in [3.05, 3.63) is 12.4 Å². The minimum absolute atomic E-state index is 0.0978. The number of amides is 1. The highest BCUT2D eigenvalue weighted by Gasteiger charge is 2.22. The molecule has 1 aliphatic heterocycles. The van der Waals surface area contributed by atoms with Crippen LogP contribution in [0.4, 0.5) is 5.95 Å². The van der Waals surface area contributed by atoms with Gasteiger partial charge in [0.2, 0.25) is 11.9 Å². The molecule has 2 rings (SSSR count). The van der Waals surface area contributed by atoms with E-state index in [0.29, 0.717) is 6.61 Å². The van der Waals surface area contributed by atoms with Crippen molar-refractivity contribution in [2.24, 2.45) is 7.05 Å². The Labute approximate surface area is 120 Å². The highest BCUT2D eigenvalue weighted by molar-refractivity contribution is 5.77. The Morgan fingerprint density at radius 2 is 2.10 bits per heavy atom. The molecule has 6 heteroatoms. The van der Waals surface area contributed by atoms with Gasteiger partial charge in [0.25, 0.3) is 0 Å². The Kier molecular flexibility index (Phi) is 5.40. The predicted octanol–water partition coefficient (Wildman–Crippen LogP) is 0.885. The van der Waals surface area contributed by atoms with Crippen LogP contribution in [0.3, 0.4) is 0 Å². The van der Waals surface area contributed by atoms with Crippen molar-refractivity contribution in [3.63, 3.8) is 0 Å². The van der Waals surface area contributed by atoms with Gasteiger partial charge in [0.1, 0.15) is 6.61 Å². The molecule has 0 N–H and O–H groups in total. The van der Waals surface area contributed by atoms with Gasteiger partial charge in [-0.05, 0) is 6.42 Å². The zero-order valence-corrected chi connectivity index (χ0v) is 12.4. The lowest BCUT2D eigenvalue weighted by Crippen LogP contribution is -2.50. The molecule has 0 saturated carbocycles. The van der Waals surface area contributed by atoms with E-state index in [1.165, 1.54) is 0 Å². The molecule has 0 spiro atoms. The number of aromatic nitrogens is 2. The summed E-state index contributed by atoms with van der Waals surface area (Å²) < 4.78 is 7.39. The highest BCUT2D eigenvalue weighted by Crippen LogP contribution is 2.12. The lowest BCUT2D eigenvalue weighted by molar-refractivity contribution is -0.136. The number of hydrogen-bond acceptors (Lipinski definition) is 4. The van der Waals surface area contributed by atoms with Gasteiger partial charge in [-0.2, -0.15) is 0 Å². The van der Waals surface area contributed by atoms with Crippen LogP contribution < -0.4 is 4.90 Å². The molecule has 1 aliphatic rings. The van der Waals surface area contributed by atoms with Crippen LogP contribution in [-0.2, 0) is 16.6 Å². The molecule has 0 atom stereocenters. The number of nitrogens with zero attached hydrogens (tertiary/aromatic N) is 4.